The highest BCUT2D eigenvalue weighted by molar-refractivity contribution is 6.11. The number of aromatic nitrogens is 1. The van der Waals surface area contributed by atoms with E-state index in [1.54, 1.807) is 0 Å². The van der Waals surface area contributed by atoms with Gasteiger partial charge >= 0.3 is 0 Å². The van der Waals surface area contributed by atoms with Crippen LogP contribution in [-0.2, 0) is 5.54 Å². The molecular formula is C57H38N2. The lowest BCUT2D eigenvalue weighted by Gasteiger charge is -2.37. The molecule has 2 heteroatoms. The molecule has 1 aliphatic carbocycles. The molecule has 59 heavy (non-hydrogen) atoms. The van der Waals surface area contributed by atoms with Gasteiger partial charge in [0.05, 0.1) is 16.7 Å². The van der Waals surface area contributed by atoms with Gasteiger partial charge in [0.25, 0.3) is 0 Å². The van der Waals surface area contributed by atoms with Crippen molar-refractivity contribution < 1.29 is 0 Å². The van der Waals surface area contributed by atoms with Gasteiger partial charge in [-0.1, -0.05) is 188 Å². The van der Waals surface area contributed by atoms with E-state index in [-0.39, 0.29) is 0 Å². The lowest BCUT2D eigenvalue weighted by Crippen LogP contribution is -2.35. The molecular weight excluding hydrogens is 713 g/mol. The minimum Gasteiger partial charge on any atom is -0.322 e. The zero-order valence-electron chi connectivity index (χ0n) is 32.3. The first kappa shape index (κ1) is 33.5. The Hall–Kier alpha value is -7.68. The molecule has 0 amide bonds. The lowest BCUT2D eigenvalue weighted by molar-refractivity contribution is 0.564. The highest BCUT2D eigenvalue weighted by Crippen LogP contribution is 2.56. The van der Waals surface area contributed by atoms with Crippen LogP contribution in [0.3, 0.4) is 0 Å². The Balaban J connectivity index is 1.18. The predicted molar refractivity (Wildman–Crippen MR) is 248 cm³/mol. The van der Waals surface area contributed by atoms with Crippen molar-refractivity contribution in [1.82, 2.24) is 4.57 Å². The maximum atomic E-state index is 2.66. The van der Waals surface area contributed by atoms with Crippen LogP contribution in [0.15, 0.2) is 231 Å². The van der Waals surface area contributed by atoms with Crippen molar-refractivity contribution in [3.8, 4) is 22.3 Å². The van der Waals surface area contributed by atoms with Crippen LogP contribution in [0.5, 0.6) is 0 Å². The van der Waals surface area contributed by atoms with Crippen LogP contribution in [0.25, 0.3) is 65.6 Å². The average molecular weight is 751 g/mol. The average Bonchev–Trinajstić information content (AvgIpc) is 3.80. The molecule has 0 fully saturated rings. The first-order valence-corrected chi connectivity index (χ1v) is 20.4. The van der Waals surface area contributed by atoms with Crippen molar-refractivity contribution in [2.75, 3.05) is 4.90 Å². The summed E-state index contributed by atoms with van der Waals surface area (Å²) in [6, 6.07) is 85.0. The fraction of sp³-hybridized carbons (Fsp3) is 0.0175. The second-order valence-corrected chi connectivity index (χ2v) is 15.7. The zero-order valence-corrected chi connectivity index (χ0v) is 32.3. The van der Waals surface area contributed by atoms with Gasteiger partial charge in [-0.15, -0.1) is 0 Å². The molecule has 0 atom stereocenters. The maximum absolute atomic E-state index is 2.66. The largest absolute Gasteiger partial charge is 0.322 e. The molecule has 12 rings (SSSR count). The van der Waals surface area contributed by atoms with Crippen molar-refractivity contribution in [3.05, 3.63) is 247 Å². The minimum absolute atomic E-state index is 0.668. The Morgan fingerprint density at radius 2 is 0.915 bits per heavy atom. The number of benzene rings is 10. The molecule has 11 aromatic rings. The molecule has 276 valence electrons. The third-order valence-electron chi connectivity index (χ3n) is 12.6. The topological polar surface area (TPSA) is 8.17 Å². The summed E-state index contributed by atoms with van der Waals surface area (Å²) in [7, 11) is 0. The number of rotatable bonds is 6. The second kappa shape index (κ2) is 13.2. The van der Waals surface area contributed by atoms with Crippen molar-refractivity contribution in [2.24, 2.45) is 0 Å². The fourth-order valence-electron chi connectivity index (χ4n) is 10.0. The van der Waals surface area contributed by atoms with E-state index >= 15 is 0 Å². The molecule has 1 aromatic heterocycles. The van der Waals surface area contributed by atoms with Gasteiger partial charge in [0.15, 0.2) is 0 Å². The first-order chi connectivity index (χ1) is 29.3. The summed E-state index contributed by atoms with van der Waals surface area (Å²) < 4.78 is 2.66. The smallest absolute Gasteiger partial charge is 0.122 e. The molecule has 0 radical (unpaired) electrons. The highest BCUT2D eigenvalue weighted by Gasteiger charge is 2.47. The van der Waals surface area contributed by atoms with Gasteiger partial charge in [-0.25, -0.2) is 0 Å². The summed E-state index contributed by atoms with van der Waals surface area (Å²) in [5, 5.41) is 7.34. The Bertz CT molecular complexity index is 3340. The van der Waals surface area contributed by atoms with Crippen LogP contribution in [0.4, 0.5) is 17.1 Å². The van der Waals surface area contributed by atoms with E-state index in [0.717, 1.165) is 17.1 Å². The van der Waals surface area contributed by atoms with Gasteiger partial charge in [0.2, 0.25) is 0 Å². The Labute approximate surface area is 343 Å². The summed E-state index contributed by atoms with van der Waals surface area (Å²) in [5.74, 6) is 0. The fourth-order valence-corrected chi connectivity index (χ4v) is 10.0. The first-order valence-electron chi connectivity index (χ1n) is 20.4. The summed E-state index contributed by atoms with van der Waals surface area (Å²) in [5.41, 5.74) is 13.8. The summed E-state index contributed by atoms with van der Waals surface area (Å²) >= 11 is 0. The van der Waals surface area contributed by atoms with Crippen LogP contribution in [0.2, 0.25) is 0 Å². The van der Waals surface area contributed by atoms with Crippen molar-refractivity contribution in [1.29, 1.82) is 0 Å². The number of fused-ring (bicyclic) bond motifs is 8. The van der Waals surface area contributed by atoms with E-state index in [1.807, 2.05) is 0 Å². The predicted octanol–water partition coefficient (Wildman–Crippen LogP) is 15.1. The third kappa shape index (κ3) is 5.00. The number of hydrogen-bond donors (Lipinski definition) is 0. The van der Waals surface area contributed by atoms with E-state index < -0.39 is 5.54 Å². The van der Waals surface area contributed by atoms with Gasteiger partial charge in [-0.3, -0.25) is 0 Å². The Morgan fingerprint density at radius 3 is 1.69 bits per heavy atom. The van der Waals surface area contributed by atoms with Gasteiger partial charge in [-0.2, -0.15) is 0 Å². The molecule has 0 spiro atoms. The quantitative estimate of drug-likeness (QED) is 0.164. The summed E-state index contributed by atoms with van der Waals surface area (Å²) in [6.45, 7) is 0. The Morgan fingerprint density at radius 1 is 0.339 bits per heavy atom. The second-order valence-electron chi connectivity index (χ2n) is 15.7. The molecule has 2 nitrogen and oxygen atoms in total. The standard InChI is InChI=1S/C57H38N2/c1-2-15-39(16-3-1)41-30-33-45(34-31-41)58(54-28-14-20-42-18-6-7-21-47(42)54)46-35-36-51-50-24-10-13-27-55(50)59(56(51)38-46)57(44-32-29-40-17-4-5-19-43(40)37-44)52-25-11-8-22-48(52)49-23-9-12-26-53(49)57/h1-38H. The molecule has 1 heterocycles. The molecule has 0 bridgehead atoms. The van der Waals surface area contributed by atoms with Crippen LogP contribution in [-0.4, -0.2) is 4.57 Å². The van der Waals surface area contributed by atoms with E-state index in [2.05, 4.69) is 240 Å². The highest BCUT2D eigenvalue weighted by atomic mass is 15.2. The van der Waals surface area contributed by atoms with Crippen molar-refractivity contribution >= 4 is 60.4 Å². The number of nitrogens with zero attached hydrogens (tertiary/aromatic N) is 2. The van der Waals surface area contributed by atoms with E-state index in [1.165, 1.54) is 82.3 Å². The van der Waals surface area contributed by atoms with E-state index in [9.17, 15) is 0 Å². The van der Waals surface area contributed by atoms with Gasteiger partial charge in [-0.05, 0) is 97.6 Å². The normalized spacial score (nSPS) is 12.9. The van der Waals surface area contributed by atoms with Crippen LogP contribution < -0.4 is 4.90 Å². The number of hydrogen-bond acceptors (Lipinski definition) is 1. The van der Waals surface area contributed by atoms with Crippen LogP contribution >= 0.6 is 0 Å². The van der Waals surface area contributed by atoms with Gasteiger partial charge in [0, 0.05) is 27.5 Å². The molecule has 0 N–H and O–H groups in total. The van der Waals surface area contributed by atoms with Crippen molar-refractivity contribution in [2.45, 2.75) is 5.54 Å². The van der Waals surface area contributed by atoms with Gasteiger partial charge in [0.1, 0.15) is 5.54 Å². The molecule has 0 unspecified atom stereocenters. The van der Waals surface area contributed by atoms with E-state index in [4.69, 9.17) is 0 Å². The van der Waals surface area contributed by atoms with Gasteiger partial charge < -0.3 is 9.47 Å². The monoisotopic (exact) mass is 750 g/mol. The number of anilines is 3. The third-order valence-corrected chi connectivity index (χ3v) is 12.6. The molecule has 0 saturated heterocycles. The van der Waals surface area contributed by atoms with Crippen LogP contribution in [0.1, 0.15) is 16.7 Å². The molecule has 1 aliphatic rings. The SMILES string of the molecule is c1ccc(-c2ccc(N(c3ccc4c5ccccc5n(C5(c6ccc7ccccc7c6)c6ccccc6-c6ccccc65)c4c3)c3cccc4ccccc34)cc2)cc1. The summed E-state index contributed by atoms with van der Waals surface area (Å²) in [6.07, 6.45) is 0. The van der Waals surface area contributed by atoms with Crippen LogP contribution in [0, 0.1) is 0 Å². The van der Waals surface area contributed by atoms with E-state index in [0.29, 0.717) is 0 Å². The zero-order chi connectivity index (χ0) is 38.9. The Kier molecular flexibility index (Phi) is 7.48. The molecule has 0 aliphatic heterocycles. The minimum atomic E-state index is -0.668. The van der Waals surface area contributed by atoms with Crippen molar-refractivity contribution in [3.63, 3.8) is 0 Å². The molecule has 10 aromatic carbocycles. The maximum Gasteiger partial charge on any atom is 0.122 e. The molecule has 0 saturated carbocycles. The number of para-hydroxylation sites is 1. The summed E-state index contributed by atoms with van der Waals surface area (Å²) in [4.78, 5) is 2.44. The lowest BCUT2D eigenvalue weighted by atomic mass is 9.79.